The van der Waals surface area contributed by atoms with E-state index in [9.17, 15) is 4.79 Å². The molecule has 0 bridgehead atoms. The second-order valence-electron chi connectivity index (χ2n) is 3.09. The molecule has 0 spiro atoms. The summed E-state index contributed by atoms with van der Waals surface area (Å²) >= 11 is 0. The zero-order valence-electron chi connectivity index (χ0n) is 9.24. The maximum absolute atomic E-state index is 10.2. The smallest absolute Gasteiger partial charge is 0.120 e. The van der Waals surface area contributed by atoms with Crippen molar-refractivity contribution in [2.75, 3.05) is 6.61 Å². The first-order chi connectivity index (χ1) is 7.24. The molecule has 15 heavy (non-hydrogen) atoms. The lowest BCUT2D eigenvalue weighted by Crippen LogP contribution is -1.88. The summed E-state index contributed by atoms with van der Waals surface area (Å²) in [5.74, 6) is 0.709. The van der Waals surface area contributed by atoms with Gasteiger partial charge in [-0.25, -0.2) is 0 Å². The summed E-state index contributed by atoms with van der Waals surface area (Å²) in [6.07, 6.45) is 9.37. The highest BCUT2D eigenvalue weighted by atomic mass is 16.5. The van der Waals surface area contributed by atoms with E-state index < -0.39 is 0 Å². The number of hydrogen-bond acceptors (Lipinski definition) is 2. The van der Waals surface area contributed by atoms with Crippen LogP contribution in [-0.2, 0) is 9.53 Å². The molecule has 0 heterocycles. The summed E-state index contributed by atoms with van der Waals surface area (Å²) in [6.45, 7) is 9.65. The summed E-state index contributed by atoms with van der Waals surface area (Å²) < 4.78 is 5.31. The third-order valence-corrected chi connectivity index (χ3v) is 1.76. The predicted molar refractivity (Wildman–Crippen MR) is 63.5 cm³/mol. The first-order valence-electron chi connectivity index (χ1n) is 4.91. The van der Waals surface area contributed by atoms with Crippen LogP contribution in [0.1, 0.15) is 19.8 Å². The van der Waals surface area contributed by atoms with Gasteiger partial charge in [0.2, 0.25) is 0 Å². The van der Waals surface area contributed by atoms with Gasteiger partial charge >= 0.3 is 0 Å². The van der Waals surface area contributed by atoms with Crippen molar-refractivity contribution in [2.24, 2.45) is 0 Å². The number of carbonyl (C=O) groups excluding carboxylic acids is 1. The van der Waals surface area contributed by atoms with Gasteiger partial charge in [0.15, 0.2) is 0 Å². The highest BCUT2D eigenvalue weighted by molar-refractivity contribution is 5.49. The van der Waals surface area contributed by atoms with E-state index in [0.717, 1.165) is 18.3 Å². The van der Waals surface area contributed by atoms with Gasteiger partial charge in [-0.2, -0.15) is 0 Å². The van der Waals surface area contributed by atoms with Crippen LogP contribution in [0.3, 0.4) is 0 Å². The first-order valence-corrected chi connectivity index (χ1v) is 4.91. The molecule has 0 aromatic carbocycles. The van der Waals surface area contributed by atoms with E-state index in [4.69, 9.17) is 4.74 Å². The Morgan fingerprint density at radius 1 is 1.33 bits per heavy atom. The Labute approximate surface area is 91.6 Å². The molecule has 0 saturated heterocycles. The molecule has 0 aliphatic heterocycles. The topological polar surface area (TPSA) is 26.3 Å². The van der Waals surface area contributed by atoms with Crippen molar-refractivity contribution in [3.05, 3.63) is 48.8 Å². The van der Waals surface area contributed by atoms with Crippen LogP contribution in [0, 0.1) is 0 Å². The number of carbonyl (C=O) groups is 1. The normalized spacial score (nSPS) is 12.1. The number of rotatable bonds is 8. The second kappa shape index (κ2) is 9.00. The largest absolute Gasteiger partial charge is 0.490 e. The monoisotopic (exact) mass is 206 g/mol. The number of aldehydes is 1. The quantitative estimate of drug-likeness (QED) is 0.264. The second-order valence-corrected chi connectivity index (χ2v) is 3.09. The van der Waals surface area contributed by atoms with Gasteiger partial charge in [0.05, 0.1) is 0 Å². The minimum absolute atomic E-state index is 0.471. The standard InChI is InChI=1S/C13H18O2/c1-4-11-15-13(5-2)9-8-12(3)7-6-10-14/h4-5,8-10H,1-2,6-7,11H2,3H3/b12-8+,13-9+. The van der Waals surface area contributed by atoms with Crippen molar-refractivity contribution in [1.29, 1.82) is 0 Å². The van der Waals surface area contributed by atoms with Crippen molar-refractivity contribution < 1.29 is 9.53 Å². The molecule has 0 unspecified atom stereocenters. The van der Waals surface area contributed by atoms with Crippen molar-refractivity contribution in [2.45, 2.75) is 19.8 Å². The molecule has 0 saturated carbocycles. The SMILES string of the molecule is C=CCO/C(C=C)=C/C=C(\C)CCC=O. The predicted octanol–water partition coefficient (Wildman–Crippen LogP) is 3.18. The van der Waals surface area contributed by atoms with Crippen molar-refractivity contribution in [3.8, 4) is 0 Å². The molecule has 0 aliphatic rings. The fourth-order valence-corrected chi connectivity index (χ4v) is 0.925. The van der Waals surface area contributed by atoms with Gasteiger partial charge in [-0.1, -0.05) is 30.9 Å². The fraction of sp³-hybridized carbons (Fsp3) is 0.308. The Hall–Kier alpha value is -1.57. The molecule has 0 fully saturated rings. The van der Waals surface area contributed by atoms with E-state index >= 15 is 0 Å². The van der Waals surface area contributed by atoms with E-state index in [1.807, 2.05) is 19.1 Å². The van der Waals surface area contributed by atoms with Gasteiger partial charge in [-0.05, 0) is 25.5 Å². The van der Waals surface area contributed by atoms with Crippen LogP contribution in [0.4, 0.5) is 0 Å². The lowest BCUT2D eigenvalue weighted by Gasteiger charge is -2.02. The molecule has 0 amide bonds. The van der Waals surface area contributed by atoms with Crippen LogP contribution < -0.4 is 0 Å². The van der Waals surface area contributed by atoms with Crippen molar-refractivity contribution in [3.63, 3.8) is 0 Å². The molecular formula is C13H18O2. The van der Waals surface area contributed by atoms with Crippen molar-refractivity contribution >= 4 is 6.29 Å². The Balaban J connectivity index is 4.22. The molecular weight excluding hydrogens is 188 g/mol. The van der Waals surface area contributed by atoms with E-state index in [1.165, 1.54) is 0 Å². The highest BCUT2D eigenvalue weighted by Crippen LogP contribution is 2.05. The Bertz CT molecular complexity index is 272. The molecule has 0 N–H and O–H groups in total. The van der Waals surface area contributed by atoms with Gasteiger partial charge in [-0.15, -0.1) is 0 Å². The van der Waals surface area contributed by atoms with Crippen LogP contribution in [0.2, 0.25) is 0 Å². The summed E-state index contributed by atoms with van der Waals surface area (Å²) in [4.78, 5) is 10.2. The molecule has 0 aliphatic carbocycles. The van der Waals surface area contributed by atoms with E-state index in [0.29, 0.717) is 18.8 Å². The molecule has 2 nitrogen and oxygen atoms in total. The van der Waals surface area contributed by atoms with Crippen LogP contribution >= 0.6 is 0 Å². The molecule has 0 aromatic heterocycles. The Morgan fingerprint density at radius 2 is 2.07 bits per heavy atom. The maximum atomic E-state index is 10.2. The van der Waals surface area contributed by atoms with Gasteiger partial charge in [0.25, 0.3) is 0 Å². The summed E-state index contributed by atoms with van der Waals surface area (Å²) in [7, 11) is 0. The average molecular weight is 206 g/mol. The summed E-state index contributed by atoms with van der Waals surface area (Å²) in [5.41, 5.74) is 1.14. The van der Waals surface area contributed by atoms with Crippen LogP contribution in [-0.4, -0.2) is 12.9 Å². The van der Waals surface area contributed by atoms with Gasteiger partial charge in [0.1, 0.15) is 18.7 Å². The fourth-order valence-electron chi connectivity index (χ4n) is 0.925. The average Bonchev–Trinajstić information content (AvgIpc) is 2.26. The number of hydrogen-bond donors (Lipinski definition) is 0. The van der Waals surface area contributed by atoms with Gasteiger partial charge < -0.3 is 9.53 Å². The molecule has 2 heteroatoms. The number of ether oxygens (including phenoxy) is 1. The summed E-state index contributed by atoms with van der Waals surface area (Å²) in [5, 5.41) is 0. The minimum Gasteiger partial charge on any atom is -0.490 e. The van der Waals surface area contributed by atoms with Crippen molar-refractivity contribution in [1.82, 2.24) is 0 Å². The van der Waals surface area contributed by atoms with E-state index in [-0.39, 0.29) is 0 Å². The van der Waals surface area contributed by atoms with Crippen LogP contribution in [0.25, 0.3) is 0 Å². The minimum atomic E-state index is 0.471. The maximum Gasteiger partial charge on any atom is 0.120 e. The molecule has 0 aromatic rings. The zero-order valence-corrected chi connectivity index (χ0v) is 9.24. The lowest BCUT2D eigenvalue weighted by molar-refractivity contribution is -0.107. The van der Waals surface area contributed by atoms with Crippen LogP contribution in [0.15, 0.2) is 48.8 Å². The third kappa shape index (κ3) is 7.50. The zero-order chi connectivity index (χ0) is 11.5. The first kappa shape index (κ1) is 13.4. The summed E-state index contributed by atoms with van der Waals surface area (Å²) in [6, 6.07) is 0. The third-order valence-electron chi connectivity index (χ3n) is 1.76. The molecule has 0 radical (unpaired) electrons. The molecule has 0 rings (SSSR count). The Kier molecular flexibility index (Phi) is 8.06. The van der Waals surface area contributed by atoms with Crippen LogP contribution in [0.5, 0.6) is 0 Å². The molecule has 0 atom stereocenters. The number of allylic oxidation sites excluding steroid dienone is 4. The van der Waals surface area contributed by atoms with Gasteiger partial charge in [-0.3, -0.25) is 0 Å². The Morgan fingerprint density at radius 3 is 2.60 bits per heavy atom. The van der Waals surface area contributed by atoms with E-state index in [2.05, 4.69) is 13.2 Å². The van der Waals surface area contributed by atoms with Gasteiger partial charge in [0, 0.05) is 6.42 Å². The van der Waals surface area contributed by atoms with E-state index in [1.54, 1.807) is 12.2 Å². The molecule has 82 valence electrons. The highest BCUT2D eigenvalue weighted by Gasteiger charge is 1.90. The lowest BCUT2D eigenvalue weighted by atomic mass is 10.1.